The van der Waals surface area contributed by atoms with Gasteiger partial charge in [-0.15, -0.1) is 0 Å². The highest BCUT2D eigenvalue weighted by molar-refractivity contribution is 8.09. The smallest absolute Gasteiger partial charge is 0.221 e. The number of hydrogen-bond acceptors (Lipinski definition) is 4. The third kappa shape index (κ3) is 1.61. The zero-order valence-corrected chi connectivity index (χ0v) is 9.81. The Hall–Kier alpha value is -0.660. The average Bonchev–Trinajstić information content (AvgIpc) is 2.14. The highest BCUT2D eigenvalue weighted by atomic mass is 32.3. The zero-order valence-electron chi connectivity index (χ0n) is 8.18. The second-order valence-corrected chi connectivity index (χ2v) is 7.96. The van der Waals surface area contributed by atoms with E-state index in [1.165, 1.54) is 0 Å². The highest BCUT2D eigenvalue weighted by Gasteiger charge is 2.89. The number of rotatable bonds is 0. The van der Waals surface area contributed by atoms with Crippen molar-refractivity contribution in [3.63, 3.8) is 0 Å². The van der Waals surface area contributed by atoms with Crippen LogP contribution in [0.1, 0.15) is 0 Å². The van der Waals surface area contributed by atoms with E-state index in [4.69, 9.17) is 0 Å². The summed E-state index contributed by atoms with van der Waals surface area (Å²) in [5, 5.41) is -16.6. The van der Waals surface area contributed by atoms with Gasteiger partial charge in [0.05, 0.1) is 0 Å². The molecule has 0 aliphatic carbocycles. The Bertz CT molecular complexity index is 549. The molecule has 1 rings (SSSR count). The van der Waals surface area contributed by atoms with E-state index >= 15 is 0 Å². The van der Waals surface area contributed by atoms with Crippen molar-refractivity contribution in [2.75, 3.05) is 5.08 Å². The predicted molar refractivity (Wildman–Crippen MR) is 42.5 cm³/mol. The van der Waals surface area contributed by atoms with Crippen LogP contribution in [0.4, 0.5) is 35.1 Å². The molecule has 0 N–H and O–H groups in total. The molecular weight excluding hydrogens is 340 g/mol. The van der Waals surface area contributed by atoms with Crippen LogP contribution in [0, 0.1) is 0 Å². The number of alkyl halides is 8. The standard InChI is InChI=1S/C5H2F8O4S2/c6-2(7)3(8,9)5(12,13)19(16,17)1-18(14,15)4(2,10)11/h1H2. The first kappa shape index (κ1) is 16.4. The minimum atomic E-state index is -7.11. The molecule has 1 aliphatic rings. The van der Waals surface area contributed by atoms with E-state index < -0.39 is 47.1 Å². The molecule has 1 heterocycles. The number of halogens is 8. The van der Waals surface area contributed by atoms with Gasteiger partial charge in [-0.25, -0.2) is 16.8 Å². The lowest BCUT2D eigenvalue weighted by Crippen LogP contribution is -2.62. The Morgan fingerprint density at radius 2 is 0.789 bits per heavy atom. The largest absolute Gasteiger partial charge is 0.414 e. The Kier molecular flexibility index (Phi) is 3.03. The monoisotopic (exact) mass is 342 g/mol. The van der Waals surface area contributed by atoms with Crippen molar-refractivity contribution in [3.05, 3.63) is 0 Å². The molecule has 1 fully saturated rings. The first-order chi connectivity index (χ1) is 7.96. The fraction of sp³-hybridized carbons (Fsp3) is 1.00. The molecule has 0 amide bonds. The summed E-state index contributed by atoms with van der Waals surface area (Å²) in [4.78, 5) is 0. The molecule has 19 heavy (non-hydrogen) atoms. The van der Waals surface area contributed by atoms with Gasteiger partial charge in [-0.05, 0) is 0 Å². The number of hydrogen-bond donors (Lipinski definition) is 0. The quantitative estimate of drug-likeness (QED) is 0.621. The fourth-order valence-corrected chi connectivity index (χ4v) is 4.96. The van der Waals surface area contributed by atoms with Crippen LogP contribution in [-0.4, -0.2) is 44.3 Å². The molecule has 0 spiro atoms. The van der Waals surface area contributed by atoms with Crippen LogP contribution in [0.25, 0.3) is 0 Å². The van der Waals surface area contributed by atoms with Gasteiger partial charge >= 0.3 is 22.4 Å². The first-order valence-electron chi connectivity index (χ1n) is 3.91. The van der Waals surface area contributed by atoms with Crippen LogP contribution in [0.15, 0.2) is 0 Å². The van der Waals surface area contributed by atoms with Crippen molar-refractivity contribution in [2.45, 2.75) is 22.4 Å². The van der Waals surface area contributed by atoms with Crippen molar-refractivity contribution < 1.29 is 52.0 Å². The second-order valence-electron chi connectivity index (χ2n) is 3.53. The summed E-state index contributed by atoms with van der Waals surface area (Å²) in [5.41, 5.74) is 0. The molecule has 4 nitrogen and oxygen atoms in total. The average molecular weight is 342 g/mol. The van der Waals surface area contributed by atoms with Gasteiger partial charge in [-0.2, -0.15) is 35.1 Å². The molecule has 0 aromatic rings. The Labute approximate surface area is 99.8 Å². The third-order valence-electron chi connectivity index (χ3n) is 2.22. The van der Waals surface area contributed by atoms with Crippen molar-refractivity contribution in [1.82, 2.24) is 0 Å². The summed E-state index contributed by atoms with van der Waals surface area (Å²) in [6, 6.07) is 0. The van der Waals surface area contributed by atoms with Crippen LogP contribution >= 0.6 is 0 Å². The Morgan fingerprint density at radius 3 is 1.00 bits per heavy atom. The number of sulfone groups is 2. The first-order valence-corrected chi connectivity index (χ1v) is 7.22. The van der Waals surface area contributed by atoms with Gasteiger partial charge in [0.25, 0.3) is 0 Å². The Balaban J connectivity index is 3.92. The van der Waals surface area contributed by atoms with E-state index in [0.717, 1.165) is 0 Å². The topological polar surface area (TPSA) is 68.3 Å². The maximum atomic E-state index is 12.8. The minimum Gasteiger partial charge on any atom is -0.221 e. The van der Waals surface area contributed by atoms with Gasteiger partial charge in [-0.3, -0.25) is 0 Å². The van der Waals surface area contributed by atoms with Crippen molar-refractivity contribution in [2.24, 2.45) is 0 Å². The zero-order chi connectivity index (χ0) is 15.7. The lowest BCUT2D eigenvalue weighted by molar-refractivity contribution is -0.324. The lowest BCUT2D eigenvalue weighted by atomic mass is 10.2. The molecular formula is C5H2F8O4S2. The second kappa shape index (κ2) is 3.51. The van der Waals surface area contributed by atoms with Crippen molar-refractivity contribution in [3.8, 4) is 0 Å². The molecule has 0 atom stereocenters. The normalized spacial score (nSPS) is 33.3. The molecule has 0 saturated carbocycles. The molecule has 114 valence electrons. The molecule has 1 aliphatic heterocycles. The maximum absolute atomic E-state index is 12.8. The van der Waals surface area contributed by atoms with E-state index in [1.807, 2.05) is 0 Å². The molecule has 0 unspecified atom stereocenters. The molecule has 0 aromatic heterocycles. The summed E-state index contributed by atoms with van der Waals surface area (Å²) in [7, 11) is -13.6. The molecule has 0 aromatic carbocycles. The predicted octanol–water partition coefficient (Wildman–Crippen LogP) is 1.24. The van der Waals surface area contributed by atoms with Crippen molar-refractivity contribution >= 4 is 19.7 Å². The summed E-state index contributed by atoms with van der Waals surface area (Å²) in [6.07, 6.45) is 0. The summed E-state index contributed by atoms with van der Waals surface area (Å²) >= 11 is 0. The fourth-order valence-electron chi connectivity index (χ4n) is 1.11. The summed E-state index contributed by atoms with van der Waals surface area (Å²) in [5.74, 6) is -14.2. The van der Waals surface area contributed by atoms with E-state index in [1.54, 1.807) is 0 Å². The van der Waals surface area contributed by atoms with Gasteiger partial charge in [0.15, 0.2) is 5.08 Å². The highest BCUT2D eigenvalue weighted by Crippen LogP contribution is 2.58. The molecule has 0 radical (unpaired) electrons. The van der Waals surface area contributed by atoms with E-state index in [0.29, 0.717) is 0 Å². The molecule has 0 bridgehead atoms. The van der Waals surface area contributed by atoms with Crippen molar-refractivity contribution in [1.29, 1.82) is 0 Å². The van der Waals surface area contributed by atoms with Crippen LogP contribution in [0.3, 0.4) is 0 Å². The van der Waals surface area contributed by atoms with Crippen LogP contribution in [0.5, 0.6) is 0 Å². The van der Waals surface area contributed by atoms with Gasteiger partial charge < -0.3 is 0 Å². The minimum absolute atomic E-state index is 3.23. The summed E-state index contributed by atoms with van der Waals surface area (Å²) in [6.45, 7) is 0. The lowest BCUT2D eigenvalue weighted by Gasteiger charge is -2.31. The van der Waals surface area contributed by atoms with Gasteiger partial charge in [0, 0.05) is 0 Å². The van der Waals surface area contributed by atoms with Gasteiger partial charge in [0.2, 0.25) is 19.7 Å². The van der Waals surface area contributed by atoms with Crippen LogP contribution in [0.2, 0.25) is 0 Å². The Morgan fingerprint density at radius 1 is 0.579 bits per heavy atom. The van der Waals surface area contributed by atoms with E-state index in [-0.39, 0.29) is 0 Å². The van der Waals surface area contributed by atoms with Crippen LogP contribution in [-0.2, 0) is 19.7 Å². The maximum Gasteiger partial charge on any atom is 0.414 e. The van der Waals surface area contributed by atoms with E-state index in [2.05, 4.69) is 0 Å². The van der Waals surface area contributed by atoms with E-state index in [9.17, 15) is 52.0 Å². The molecule has 14 heteroatoms. The summed E-state index contributed by atoms with van der Waals surface area (Å²) < 4.78 is 145. The van der Waals surface area contributed by atoms with Gasteiger partial charge in [-0.1, -0.05) is 0 Å². The third-order valence-corrected chi connectivity index (χ3v) is 6.77. The SMILES string of the molecule is O=S1(=O)CS(=O)(=O)C(F)(F)C(F)(F)C(F)(F)C1(F)F. The molecule has 1 saturated heterocycles. The van der Waals surface area contributed by atoms with Gasteiger partial charge in [0.1, 0.15) is 0 Å². The van der Waals surface area contributed by atoms with Crippen LogP contribution < -0.4 is 0 Å².